The Morgan fingerprint density at radius 3 is 2.40 bits per heavy atom. The van der Waals surface area contributed by atoms with E-state index in [1.165, 1.54) is 0 Å². The molecule has 5 nitrogen and oxygen atoms in total. The summed E-state index contributed by atoms with van der Waals surface area (Å²) in [6.07, 6.45) is 2.22. The van der Waals surface area contributed by atoms with E-state index in [9.17, 15) is 0 Å². The molecule has 3 aromatic carbocycles. The van der Waals surface area contributed by atoms with Gasteiger partial charge < -0.3 is 4.42 Å². The third-order valence-corrected chi connectivity index (χ3v) is 6.74. The number of anilines is 1. The van der Waals surface area contributed by atoms with Gasteiger partial charge in [0.2, 0.25) is 5.95 Å². The average molecular weight is 520 g/mol. The first-order chi connectivity index (χ1) is 17.1. The number of fused-ring (bicyclic) bond motifs is 1. The summed E-state index contributed by atoms with van der Waals surface area (Å²) in [5.41, 5.74) is 4.17. The van der Waals surface area contributed by atoms with E-state index in [0.717, 1.165) is 39.2 Å². The summed E-state index contributed by atoms with van der Waals surface area (Å²) in [5, 5.41) is 9.46. The first-order valence-corrected chi connectivity index (χ1v) is 12.1. The summed E-state index contributed by atoms with van der Waals surface area (Å²) in [7, 11) is 0. The Morgan fingerprint density at radius 2 is 1.63 bits per heavy atom. The van der Waals surface area contributed by atoms with E-state index in [0.29, 0.717) is 27.4 Å². The quantitative estimate of drug-likeness (QED) is 0.240. The van der Waals surface area contributed by atoms with Gasteiger partial charge >= 0.3 is 0 Å². The summed E-state index contributed by atoms with van der Waals surface area (Å²) in [6.45, 7) is 0. The van der Waals surface area contributed by atoms with Crippen molar-refractivity contribution in [1.29, 1.82) is 0 Å². The van der Waals surface area contributed by atoms with Crippen LogP contribution in [0.4, 0.5) is 5.95 Å². The molecule has 0 saturated heterocycles. The standard InChI is InChI=1S/C27H17Cl3N4O/c28-17-9-7-16(8-10-17)26-20-4-1-2-5-22(20)31-27(32-26)34-24(25-6-3-13-35-25)15-23(33-34)19-12-11-18(29)14-21(19)30/h1-14,24H,15H2. The van der Waals surface area contributed by atoms with Crippen molar-refractivity contribution >= 4 is 57.4 Å². The molecule has 0 N–H and O–H groups in total. The van der Waals surface area contributed by atoms with E-state index in [2.05, 4.69) is 0 Å². The molecular formula is C27H17Cl3N4O. The van der Waals surface area contributed by atoms with E-state index in [4.69, 9.17) is 54.3 Å². The van der Waals surface area contributed by atoms with Crippen molar-refractivity contribution in [2.45, 2.75) is 12.5 Å². The smallest absolute Gasteiger partial charge is 0.248 e. The van der Waals surface area contributed by atoms with Gasteiger partial charge in [-0.2, -0.15) is 5.10 Å². The molecule has 2 aromatic heterocycles. The van der Waals surface area contributed by atoms with Crippen LogP contribution in [0.5, 0.6) is 0 Å². The summed E-state index contributed by atoms with van der Waals surface area (Å²) < 4.78 is 5.78. The number of halogens is 3. The van der Waals surface area contributed by atoms with Crippen LogP contribution in [0.3, 0.4) is 0 Å². The second kappa shape index (κ2) is 9.00. The summed E-state index contributed by atoms with van der Waals surface area (Å²) >= 11 is 18.8. The van der Waals surface area contributed by atoms with Gasteiger partial charge in [0, 0.05) is 33.0 Å². The van der Waals surface area contributed by atoms with E-state index in [1.807, 2.05) is 71.7 Å². The lowest BCUT2D eigenvalue weighted by Crippen LogP contribution is -2.20. The van der Waals surface area contributed by atoms with E-state index < -0.39 is 0 Å². The minimum absolute atomic E-state index is 0.231. The molecular weight excluding hydrogens is 503 g/mol. The Bertz CT molecular complexity index is 1570. The number of nitrogens with zero attached hydrogens (tertiary/aromatic N) is 4. The molecule has 1 unspecified atom stereocenters. The van der Waals surface area contributed by atoms with Gasteiger partial charge in [-0.05, 0) is 42.5 Å². The van der Waals surface area contributed by atoms with Crippen LogP contribution >= 0.6 is 34.8 Å². The summed E-state index contributed by atoms with van der Waals surface area (Å²) in [5.74, 6) is 1.23. The molecule has 5 aromatic rings. The third kappa shape index (κ3) is 4.16. The van der Waals surface area contributed by atoms with Gasteiger partial charge in [0.1, 0.15) is 11.8 Å². The molecule has 6 rings (SSSR count). The molecule has 0 bridgehead atoms. The first-order valence-electron chi connectivity index (χ1n) is 10.9. The molecule has 8 heteroatoms. The Hall–Kier alpha value is -3.38. The molecule has 0 spiro atoms. The van der Waals surface area contributed by atoms with Crippen molar-refractivity contribution in [3.05, 3.63) is 112 Å². The maximum atomic E-state index is 6.52. The highest BCUT2D eigenvalue weighted by Crippen LogP contribution is 2.39. The van der Waals surface area contributed by atoms with E-state index in [1.54, 1.807) is 18.4 Å². The zero-order valence-corrected chi connectivity index (χ0v) is 20.5. The van der Waals surface area contributed by atoms with Crippen LogP contribution in [-0.2, 0) is 0 Å². The SMILES string of the molecule is Clc1ccc(-c2nc(N3N=C(c4ccc(Cl)cc4Cl)CC3c3ccco3)nc3ccccc23)cc1. The van der Waals surface area contributed by atoms with Crippen molar-refractivity contribution in [2.75, 3.05) is 5.01 Å². The van der Waals surface area contributed by atoms with Gasteiger partial charge in [-0.15, -0.1) is 0 Å². The Balaban J connectivity index is 1.53. The third-order valence-electron chi connectivity index (χ3n) is 5.94. The number of furan rings is 1. The fraction of sp³-hybridized carbons (Fsp3) is 0.0741. The van der Waals surface area contributed by atoms with Gasteiger partial charge in [0.05, 0.1) is 28.2 Å². The van der Waals surface area contributed by atoms with Gasteiger partial charge in [0.25, 0.3) is 0 Å². The number of hydrogen-bond donors (Lipinski definition) is 0. The van der Waals surface area contributed by atoms with Crippen LogP contribution in [0.25, 0.3) is 22.2 Å². The Morgan fingerprint density at radius 1 is 0.829 bits per heavy atom. The predicted molar refractivity (Wildman–Crippen MR) is 142 cm³/mol. The zero-order chi connectivity index (χ0) is 23.9. The van der Waals surface area contributed by atoms with Crippen LogP contribution < -0.4 is 5.01 Å². The topological polar surface area (TPSA) is 54.5 Å². The Kier molecular flexibility index (Phi) is 5.69. The number of benzene rings is 3. The highest BCUT2D eigenvalue weighted by atomic mass is 35.5. The van der Waals surface area contributed by atoms with Crippen LogP contribution in [0.1, 0.15) is 23.8 Å². The molecule has 0 radical (unpaired) electrons. The predicted octanol–water partition coefficient (Wildman–Crippen LogP) is 8.21. The van der Waals surface area contributed by atoms with Crippen LogP contribution in [0.2, 0.25) is 15.1 Å². The van der Waals surface area contributed by atoms with Crippen LogP contribution in [0.15, 0.2) is 94.6 Å². The summed E-state index contributed by atoms with van der Waals surface area (Å²) in [6, 6.07) is 24.5. The molecule has 1 aliphatic heterocycles. The number of hydrogen-bond acceptors (Lipinski definition) is 5. The van der Waals surface area contributed by atoms with Crippen molar-refractivity contribution in [1.82, 2.24) is 9.97 Å². The molecule has 0 fully saturated rings. The monoisotopic (exact) mass is 518 g/mol. The highest BCUT2D eigenvalue weighted by Gasteiger charge is 2.34. The molecule has 35 heavy (non-hydrogen) atoms. The second-order valence-corrected chi connectivity index (χ2v) is 9.43. The molecule has 3 heterocycles. The van der Waals surface area contributed by atoms with Crippen molar-refractivity contribution < 1.29 is 4.42 Å². The fourth-order valence-corrected chi connectivity index (χ4v) is 4.92. The fourth-order valence-electron chi connectivity index (χ4n) is 4.28. The molecule has 1 aliphatic rings. The molecule has 0 aliphatic carbocycles. The van der Waals surface area contributed by atoms with Gasteiger partial charge in [-0.3, -0.25) is 0 Å². The molecule has 0 saturated carbocycles. The average Bonchev–Trinajstić information content (AvgIpc) is 3.54. The van der Waals surface area contributed by atoms with Crippen LogP contribution in [0, 0.1) is 0 Å². The van der Waals surface area contributed by atoms with Crippen molar-refractivity contribution in [3.8, 4) is 11.3 Å². The van der Waals surface area contributed by atoms with Gasteiger partial charge in [0.15, 0.2) is 0 Å². The lowest BCUT2D eigenvalue weighted by molar-refractivity contribution is 0.463. The number of hydrazone groups is 1. The number of rotatable bonds is 4. The van der Waals surface area contributed by atoms with Crippen LogP contribution in [-0.4, -0.2) is 15.7 Å². The molecule has 172 valence electrons. The molecule has 0 amide bonds. The lowest BCUT2D eigenvalue weighted by Gasteiger charge is -2.21. The van der Waals surface area contributed by atoms with Gasteiger partial charge in [-0.1, -0.05) is 71.2 Å². The number of aromatic nitrogens is 2. The maximum Gasteiger partial charge on any atom is 0.248 e. The minimum atomic E-state index is -0.231. The van der Waals surface area contributed by atoms with Crippen molar-refractivity contribution in [3.63, 3.8) is 0 Å². The van der Waals surface area contributed by atoms with Gasteiger partial charge in [-0.25, -0.2) is 15.0 Å². The Labute approximate surface area is 216 Å². The maximum absolute atomic E-state index is 6.52. The summed E-state index contributed by atoms with van der Waals surface area (Å²) in [4.78, 5) is 9.85. The molecule has 1 atom stereocenters. The minimum Gasteiger partial charge on any atom is -0.467 e. The highest BCUT2D eigenvalue weighted by molar-refractivity contribution is 6.37. The second-order valence-electron chi connectivity index (χ2n) is 8.15. The van der Waals surface area contributed by atoms with E-state index >= 15 is 0 Å². The number of para-hydroxylation sites is 1. The first kappa shape index (κ1) is 22.1. The largest absolute Gasteiger partial charge is 0.467 e. The van der Waals surface area contributed by atoms with Crippen molar-refractivity contribution in [2.24, 2.45) is 5.10 Å². The lowest BCUT2D eigenvalue weighted by atomic mass is 10.0. The zero-order valence-electron chi connectivity index (χ0n) is 18.2. The van der Waals surface area contributed by atoms with E-state index in [-0.39, 0.29) is 6.04 Å². The normalized spacial score (nSPS) is 15.6.